The highest BCUT2D eigenvalue weighted by molar-refractivity contribution is 5.79. The normalized spacial score (nSPS) is 24.4. The molecular weight excluding hydrogens is 260 g/mol. The van der Waals surface area contributed by atoms with Gasteiger partial charge in [0.1, 0.15) is 0 Å². The Morgan fingerprint density at radius 2 is 2.05 bits per heavy atom. The van der Waals surface area contributed by atoms with Crippen molar-refractivity contribution in [3.8, 4) is 0 Å². The summed E-state index contributed by atoms with van der Waals surface area (Å²) in [5.74, 6) is -1.23. The molecule has 1 saturated heterocycles. The predicted molar refractivity (Wildman–Crippen MR) is 75.2 cm³/mol. The molecule has 0 saturated carbocycles. The van der Waals surface area contributed by atoms with Crippen LogP contribution in [0.5, 0.6) is 0 Å². The lowest BCUT2D eigenvalue weighted by molar-refractivity contribution is -0.149. The Morgan fingerprint density at radius 1 is 1.40 bits per heavy atom. The molecule has 3 unspecified atom stereocenters. The minimum atomic E-state index is -0.939. The van der Waals surface area contributed by atoms with Crippen molar-refractivity contribution in [1.82, 2.24) is 5.32 Å². The number of carbonyl (C=O) groups excluding carboxylic acids is 1. The van der Waals surface area contributed by atoms with E-state index in [0.29, 0.717) is 25.9 Å². The number of carboxylic acid groups (broad SMARTS) is 1. The summed E-state index contributed by atoms with van der Waals surface area (Å²) in [6.07, 6.45) is 0.922. The number of hydrogen-bond donors (Lipinski definition) is 3. The molecule has 1 amide bonds. The molecule has 116 valence electrons. The molecule has 4 N–H and O–H groups in total. The molecule has 0 bridgehead atoms. The molecule has 0 radical (unpaired) electrons. The molecule has 0 aliphatic carbocycles. The summed E-state index contributed by atoms with van der Waals surface area (Å²) in [7, 11) is 0. The Bertz CT molecular complexity index is 352. The number of hydrogen-bond acceptors (Lipinski definition) is 4. The lowest BCUT2D eigenvalue weighted by Crippen LogP contribution is -2.40. The van der Waals surface area contributed by atoms with Gasteiger partial charge in [-0.15, -0.1) is 0 Å². The van der Waals surface area contributed by atoms with Crippen LogP contribution >= 0.6 is 0 Å². The summed E-state index contributed by atoms with van der Waals surface area (Å²) >= 11 is 0. The SMILES string of the molecule is CC(C)(C)CC(CN)C(=O)NCC1CCC(C(=O)O)O1. The van der Waals surface area contributed by atoms with Crippen LogP contribution in [-0.2, 0) is 14.3 Å². The Hall–Kier alpha value is -1.14. The van der Waals surface area contributed by atoms with Crippen LogP contribution in [0.4, 0.5) is 0 Å². The second-order valence-electron chi connectivity index (χ2n) is 6.60. The summed E-state index contributed by atoms with van der Waals surface area (Å²) in [6.45, 7) is 6.87. The molecule has 1 aliphatic rings. The highest BCUT2D eigenvalue weighted by Gasteiger charge is 2.31. The van der Waals surface area contributed by atoms with E-state index in [4.69, 9.17) is 15.6 Å². The van der Waals surface area contributed by atoms with Gasteiger partial charge in [0, 0.05) is 13.1 Å². The summed E-state index contributed by atoms with van der Waals surface area (Å²) in [4.78, 5) is 22.8. The van der Waals surface area contributed by atoms with Gasteiger partial charge in [-0.05, 0) is 24.7 Å². The van der Waals surface area contributed by atoms with Gasteiger partial charge in [0.15, 0.2) is 6.10 Å². The molecular formula is C14H26N2O4. The van der Waals surface area contributed by atoms with E-state index in [9.17, 15) is 9.59 Å². The Labute approximate surface area is 120 Å². The topological polar surface area (TPSA) is 102 Å². The van der Waals surface area contributed by atoms with Gasteiger partial charge in [0.25, 0.3) is 0 Å². The zero-order chi connectivity index (χ0) is 15.3. The van der Waals surface area contributed by atoms with E-state index in [2.05, 4.69) is 26.1 Å². The first-order chi connectivity index (χ1) is 9.23. The van der Waals surface area contributed by atoms with Crippen molar-refractivity contribution in [2.75, 3.05) is 13.1 Å². The van der Waals surface area contributed by atoms with Crippen molar-refractivity contribution >= 4 is 11.9 Å². The molecule has 6 nitrogen and oxygen atoms in total. The fourth-order valence-corrected chi connectivity index (χ4v) is 2.42. The molecule has 3 atom stereocenters. The smallest absolute Gasteiger partial charge is 0.332 e. The maximum atomic E-state index is 12.1. The van der Waals surface area contributed by atoms with E-state index in [1.54, 1.807) is 0 Å². The fourth-order valence-electron chi connectivity index (χ4n) is 2.42. The predicted octanol–water partition coefficient (Wildman–Crippen LogP) is 0.746. The number of rotatable bonds is 6. The van der Waals surface area contributed by atoms with Gasteiger partial charge in [0.05, 0.1) is 12.0 Å². The van der Waals surface area contributed by atoms with Gasteiger partial charge < -0.3 is 20.9 Å². The van der Waals surface area contributed by atoms with Gasteiger partial charge in [0.2, 0.25) is 5.91 Å². The highest BCUT2D eigenvalue weighted by atomic mass is 16.5. The third kappa shape index (κ3) is 5.46. The number of ether oxygens (including phenoxy) is 1. The quantitative estimate of drug-likeness (QED) is 0.668. The van der Waals surface area contributed by atoms with Crippen LogP contribution in [0.2, 0.25) is 0 Å². The van der Waals surface area contributed by atoms with Gasteiger partial charge in [-0.2, -0.15) is 0 Å². The highest BCUT2D eigenvalue weighted by Crippen LogP contribution is 2.24. The third-order valence-electron chi connectivity index (χ3n) is 3.40. The average molecular weight is 286 g/mol. The van der Waals surface area contributed by atoms with Crippen molar-refractivity contribution in [3.05, 3.63) is 0 Å². The number of amides is 1. The molecule has 0 aromatic carbocycles. The molecule has 1 heterocycles. The zero-order valence-corrected chi connectivity index (χ0v) is 12.5. The maximum absolute atomic E-state index is 12.1. The first-order valence-corrected chi connectivity index (χ1v) is 7.09. The van der Waals surface area contributed by atoms with E-state index in [1.807, 2.05) is 0 Å². The minimum absolute atomic E-state index is 0.0413. The van der Waals surface area contributed by atoms with E-state index in [1.165, 1.54) is 0 Å². The molecule has 20 heavy (non-hydrogen) atoms. The van der Waals surface area contributed by atoms with Crippen LogP contribution in [0.1, 0.15) is 40.0 Å². The van der Waals surface area contributed by atoms with Crippen LogP contribution in [0, 0.1) is 11.3 Å². The van der Waals surface area contributed by atoms with E-state index in [0.717, 1.165) is 6.42 Å². The van der Waals surface area contributed by atoms with Crippen molar-refractivity contribution in [2.45, 2.75) is 52.2 Å². The summed E-state index contributed by atoms with van der Waals surface area (Å²) in [5, 5.41) is 11.7. The zero-order valence-electron chi connectivity index (χ0n) is 12.5. The van der Waals surface area contributed by atoms with Crippen molar-refractivity contribution < 1.29 is 19.4 Å². The molecule has 0 aromatic heterocycles. The van der Waals surface area contributed by atoms with Crippen molar-refractivity contribution in [2.24, 2.45) is 17.1 Å². The minimum Gasteiger partial charge on any atom is -0.479 e. The molecule has 1 fully saturated rings. The number of carbonyl (C=O) groups is 2. The lowest BCUT2D eigenvalue weighted by atomic mass is 9.84. The van der Waals surface area contributed by atoms with Crippen molar-refractivity contribution in [3.63, 3.8) is 0 Å². The monoisotopic (exact) mass is 286 g/mol. The van der Waals surface area contributed by atoms with Gasteiger partial charge in [-0.25, -0.2) is 4.79 Å². The first-order valence-electron chi connectivity index (χ1n) is 7.09. The Kier molecular flexibility index (Phi) is 5.95. The molecule has 1 aliphatic heterocycles. The van der Waals surface area contributed by atoms with Gasteiger partial charge in [-0.3, -0.25) is 4.79 Å². The Balaban J connectivity index is 2.37. The molecule has 0 spiro atoms. The second-order valence-corrected chi connectivity index (χ2v) is 6.60. The fraction of sp³-hybridized carbons (Fsp3) is 0.857. The maximum Gasteiger partial charge on any atom is 0.332 e. The number of aliphatic carboxylic acids is 1. The Morgan fingerprint density at radius 3 is 2.50 bits per heavy atom. The first kappa shape index (κ1) is 16.9. The second kappa shape index (κ2) is 7.04. The number of nitrogens with two attached hydrogens (primary N) is 1. The average Bonchev–Trinajstić information content (AvgIpc) is 2.80. The number of nitrogens with one attached hydrogen (secondary N) is 1. The third-order valence-corrected chi connectivity index (χ3v) is 3.40. The van der Waals surface area contributed by atoms with Gasteiger partial charge in [-0.1, -0.05) is 20.8 Å². The molecule has 6 heteroatoms. The van der Waals surface area contributed by atoms with Crippen LogP contribution in [0.15, 0.2) is 0 Å². The van der Waals surface area contributed by atoms with Crippen LogP contribution in [0.3, 0.4) is 0 Å². The van der Waals surface area contributed by atoms with E-state index in [-0.39, 0.29) is 23.3 Å². The standard InChI is InChI=1S/C14H26N2O4/c1-14(2,3)6-9(7-15)12(17)16-8-10-4-5-11(20-10)13(18)19/h9-11H,4-8,15H2,1-3H3,(H,16,17)(H,18,19). The number of carboxylic acids is 1. The summed E-state index contributed by atoms with van der Waals surface area (Å²) < 4.78 is 5.34. The molecule has 1 rings (SSSR count). The van der Waals surface area contributed by atoms with Crippen LogP contribution < -0.4 is 11.1 Å². The molecule has 0 aromatic rings. The van der Waals surface area contributed by atoms with E-state index < -0.39 is 12.1 Å². The van der Waals surface area contributed by atoms with Crippen LogP contribution in [0.25, 0.3) is 0 Å². The van der Waals surface area contributed by atoms with Gasteiger partial charge >= 0.3 is 5.97 Å². The summed E-state index contributed by atoms with van der Waals surface area (Å²) in [6, 6.07) is 0. The largest absolute Gasteiger partial charge is 0.479 e. The van der Waals surface area contributed by atoms with E-state index >= 15 is 0 Å². The van der Waals surface area contributed by atoms with Crippen LogP contribution in [-0.4, -0.2) is 42.3 Å². The van der Waals surface area contributed by atoms with Crippen molar-refractivity contribution in [1.29, 1.82) is 0 Å². The summed E-state index contributed by atoms with van der Waals surface area (Å²) in [5.41, 5.74) is 5.70. The lowest BCUT2D eigenvalue weighted by Gasteiger charge is -2.24.